The van der Waals surface area contributed by atoms with Crippen LogP contribution >= 0.6 is 11.8 Å². The third kappa shape index (κ3) is 4.22. The van der Waals surface area contributed by atoms with Crippen molar-refractivity contribution in [1.29, 1.82) is 0 Å². The number of carbonyl (C=O) groups excluding carboxylic acids is 1. The van der Waals surface area contributed by atoms with Gasteiger partial charge in [0.05, 0.1) is 29.0 Å². The van der Waals surface area contributed by atoms with Gasteiger partial charge in [0.15, 0.2) is 0 Å². The number of hydrogen-bond donors (Lipinski definition) is 2. The third-order valence-corrected chi connectivity index (χ3v) is 7.28. The maximum absolute atomic E-state index is 13.3. The predicted molar refractivity (Wildman–Crippen MR) is 120 cm³/mol. The van der Waals surface area contributed by atoms with Crippen molar-refractivity contribution in [2.45, 2.75) is 51.1 Å². The molecule has 2 atom stereocenters. The van der Waals surface area contributed by atoms with Crippen LogP contribution in [0.4, 0.5) is 0 Å². The standard InChI is InChI=1S/C23H30N4OS/c1-3-17(2)21(22-24-18-8-4-5-9-19(18)25-22)26-20(28)16-23(10-14-29-15-11-23)27-12-6-7-13-27/h4-9,12-13,17,21H,3,10-11,14-16H2,1-2H3,(H,24,25)(H,26,28). The number of amides is 1. The maximum Gasteiger partial charge on any atom is 0.222 e. The van der Waals surface area contributed by atoms with Crippen LogP contribution in [0.15, 0.2) is 48.8 Å². The predicted octanol–water partition coefficient (Wildman–Crippen LogP) is 4.88. The fourth-order valence-corrected chi connectivity index (χ4v) is 5.54. The molecule has 0 saturated carbocycles. The molecule has 2 aromatic heterocycles. The Hall–Kier alpha value is -2.21. The van der Waals surface area contributed by atoms with E-state index in [2.05, 4.69) is 53.2 Å². The highest BCUT2D eigenvalue weighted by Gasteiger charge is 2.37. The molecule has 2 N–H and O–H groups in total. The zero-order valence-corrected chi connectivity index (χ0v) is 18.0. The minimum atomic E-state index is -0.118. The maximum atomic E-state index is 13.3. The quantitative estimate of drug-likeness (QED) is 0.583. The van der Waals surface area contributed by atoms with Gasteiger partial charge in [-0.1, -0.05) is 32.4 Å². The molecule has 6 heteroatoms. The highest BCUT2D eigenvalue weighted by molar-refractivity contribution is 7.99. The van der Waals surface area contributed by atoms with Gasteiger partial charge in [0.1, 0.15) is 5.82 Å². The summed E-state index contributed by atoms with van der Waals surface area (Å²) in [7, 11) is 0. The van der Waals surface area contributed by atoms with E-state index in [-0.39, 0.29) is 17.5 Å². The van der Waals surface area contributed by atoms with Crippen molar-refractivity contribution in [2.75, 3.05) is 11.5 Å². The van der Waals surface area contributed by atoms with Gasteiger partial charge < -0.3 is 14.9 Å². The van der Waals surface area contributed by atoms with Crippen molar-refractivity contribution >= 4 is 28.7 Å². The molecule has 3 heterocycles. The van der Waals surface area contributed by atoms with E-state index in [0.29, 0.717) is 12.3 Å². The molecule has 29 heavy (non-hydrogen) atoms. The molecule has 2 unspecified atom stereocenters. The smallest absolute Gasteiger partial charge is 0.222 e. The summed E-state index contributed by atoms with van der Waals surface area (Å²) >= 11 is 1.98. The molecule has 0 spiro atoms. The van der Waals surface area contributed by atoms with Crippen molar-refractivity contribution in [1.82, 2.24) is 19.9 Å². The average Bonchev–Trinajstić information content (AvgIpc) is 3.42. The van der Waals surface area contributed by atoms with Crippen molar-refractivity contribution in [2.24, 2.45) is 5.92 Å². The van der Waals surface area contributed by atoms with Gasteiger partial charge in [-0.05, 0) is 54.5 Å². The Labute approximate surface area is 176 Å². The zero-order valence-electron chi connectivity index (χ0n) is 17.2. The topological polar surface area (TPSA) is 62.7 Å². The number of aromatic amines is 1. The zero-order chi connectivity index (χ0) is 20.3. The van der Waals surface area contributed by atoms with E-state index in [4.69, 9.17) is 4.98 Å². The van der Waals surface area contributed by atoms with Crippen LogP contribution in [0.25, 0.3) is 11.0 Å². The number of carbonyl (C=O) groups is 1. The molecule has 0 radical (unpaired) electrons. The minimum Gasteiger partial charge on any atom is -0.348 e. The summed E-state index contributed by atoms with van der Waals surface area (Å²) in [5, 5.41) is 3.33. The lowest BCUT2D eigenvalue weighted by Gasteiger charge is -2.38. The number of fused-ring (bicyclic) bond motifs is 1. The normalized spacial score (nSPS) is 18.4. The molecule has 1 aromatic carbocycles. The number of aromatic nitrogens is 3. The highest BCUT2D eigenvalue weighted by Crippen LogP contribution is 2.37. The van der Waals surface area contributed by atoms with E-state index >= 15 is 0 Å². The SMILES string of the molecule is CCC(C)C(NC(=O)CC1(n2cccc2)CCSCC1)c1nc2ccccc2[nH]1. The summed E-state index contributed by atoms with van der Waals surface area (Å²) < 4.78 is 2.26. The molecule has 1 fully saturated rings. The first-order valence-electron chi connectivity index (χ1n) is 10.6. The molecule has 0 aliphatic carbocycles. The van der Waals surface area contributed by atoms with E-state index in [1.54, 1.807) is 0 Å². The number of H-pyrrole nitrogens is 1. The number of hydrogen-bond acceptors (Lipinski definition) is 3. The summed E-state index contributed by atoms with van der Waals surface area (Å²) in [6.07, 6.45) is 7.75. The highest BCUT2D eigenvalue weighted by atomic mass is 32.2. The Bertz CT molecular complexity index is 910. The molecule has 5 nitrogen and oxygen atoms in total. The molecule has 1 aliphatic rings. The summed E-state index contributed by atoms with van der Waals surface area (Å²) in [5.41, 5.74) is 1.84. The molecule has 1 saturated heterocycles. The number of benzene rings is 1. The summed E-state index contributed by atoms with van der Waals surface area (Å²) in [6, 6.07) is 12.0. The van der Waals surface area contributed by atoms with Gasteiger partial charge in [-0.3, -0.25) is 4.79 Å². The minimum absolute atomic E-state index is 0.108. The first kappa shape index (κ1) is 20.1. The van der Waals surface area contributed by atoms with Gasteiger partial charge in [0.25, 0.3) is 0 Å². The van der Waals surface area contributed by atoms with Gasteiger partial charge >= 0.3 is 0 Å². The lowest BCUT2D eigenvalue weighted by molar-refractivity contribution is -0.124. The Morgan fingerprint density at radius 1 is 1.24 bits per heavy atom. The Morgan fingerprint density at radius 3 is 2.66 bits per heavy atom. The number of para-hydroxylation sites is 2. The molecule has 1 aliphatic heterocycles. The van der Waals surface area contributed by atoms with Gasteiger partial charge in [-0.2, -0.15) is 11.8 Å². The summed E-state index contributed by atoms with van der Waals surface area (Å²) in [4.78, 5) is 21.5. The number of rotatable bonds is 7. The summed E-state index contributed by atoms with van der Waals surface area (Å²) in [5.74, 6) is 3.46. The van der Waals surface area contributed by atoms with Gasteiger partial charge in [0, 0.05) is 12.4 Å². The monoisotopic (exact) mass is 410 g/mol. The molecular formula is C23H30N4OS. The summed E-state index contributed by atoms with van der Waals surface area (Å²) in [6.45, 7) is 4.34. The Balaban J connectivity index is 1.56. The number of thioether (sulfide) groups is 1. The molecular weight excluding hydrogens is 380 g/mol. The first-order valence-corrected chi connectivity index (χ1v) is 11.7. The first-order chi connectivity index (χ1) is 14.1. The van der Waals surface area contributed by atoms with Crippen molar-refractivity contribution < 1.29 is 4.79 Å². The van der Waals surface area contributed by atoms with E-state index < -0.39 is 0 Å². The molecule has 154 valence electrons. The largest absolute Gasteiger partial charge is 0.348 e. The molecule has 4 rings (SSSR count). The second kappa shape index (κ2) is 8.66. The molecule has 3 aromatic rings. The Kier molecular flexibility index (Phi) is 5.99. The second-order valence-electron chi connectivity index (χ2n) is 8.17. The van der Waals surface area contributed by atoms with E-state index in [1.165, 1.54) is 0 Å². The fraction of sp³-hybridized carbons (Fsp3) is 0.478. The molecule has 1 amide bonds. The molecule has 0 bridgehead atoms. The van der Waals surface area contributed by atoms with Crippen LogP contribution in [-0.2, 0) is 10.3 Å². The second-order valence-corrected chi connectivity index (χ2v) is 9.40. The van der Waals surface area contributed by atoms with E-state index in [0.717, 1.165) is 47.6 Å². The van der Waals surface area contributed by atoms with E-state index in [1.807, 2.05) is 36.0 Å². The fourth-order valence-electron chi connectivity index (χ4n) is 4.29. The van der Waals surface area contributed by atoms with Gasteiger partial charge in [-0.25, -0.2) is 4.98 Å². The number of nitrogens with one attached hydrogen (secondary N) is 2. The van der Waals surface area contributed by atoms with Gasteiger partial charge in [0.2, 0.25) is 5.91 Å². The number of nitrogens with zero attached hydrogens (tertiary/aromatic N) is 2. The van der Waals surface area contributed by atoms with Crippen molar-refractivity contribution in [3.05, 3.63) is 54.6 Å². The third-order valence-electron chi connectivity index (χ3n) is 6.30. The van der Waals surface area contributed by atoms with Crippen LogP contribution in [-0.4, -0.2) is 31.9 Å². The van der Waals surface area contributed by atoms with Crippen LogP contribution in [0.2, 0.25) is 0 Å². The van der Waals surface area contributed by atoms with Crippen molar-refractivity contribution in [3.63, 3.8) is 0 Å². The van der Waals surface area contributed by atoms with Crippen LogP contribution < -0.4 is 5.32 Å². The van der Waals surface area contributed by atoms with Gasteiger partial charge in [-0.15, -0.1) is 0 Å². The lowest BCUT2D eigenvalue weighted by atomic mass is 9.87. The average molecular weight is 411 g/mol. The van der Waals surface area contributed by atoms with Crippen LogP contribution in [0.5, 0.6) is 0 Å². The number of imidazole rings is 1. The van der Waals surface area contributed by atoms with Crippen molar-refractivity contribution in [3.8, 4) is 0 Å². The Morgan fingerprint density at radius 2 is 1.97 bits per heavy atom. The van der Waals surface area contributed by atoms with E-state index in [9.17, 15) is 4.79 Å². The van der Waals surface area contributed by atoms with Crippen LogP contribution in [0, 0.1) is 5.92 Å². The van der Waals surface area contributed by atoms with Crippen LogP contribution in [0.3, 0.4) is 0 Å². The van der Waals surface area contributed by atoms with Crippen LogP contribution in [0.1, 0.15) is 51.4 Å². The lowest BCUT2D eigenvalue weighted by Crippen LogP contribution is -2.43.